The molecule has 0 aliphatic heterocycles. The number of thiazole rings is 1. The minimum absolute atomic E-state index is 0.00435. The van der Waals surface area contributed by atoms with Crippen LogP contribution in [-0.4, -0.2) is 4.98 Å². The van der Waals surface area contributed by atoms with E-state index in [0.29, 0.717) is 10.3 Å². The lowest BCUT2D eigenvalue weighted by atomic mass is 10.1. The van der Waals surface area contributed by atoms with E-state index in [0.717, 1.165) is 6.07 Å². The summed E-state index contributed by atoms with van der Waals surface area (Å²) in [7, 11) is 0. The van der Waals surface area contributed by atoms with Crippen LogP contribution < -0.4 is 5.73 Å². The first-order valence-corrected chi connectivity index (χ1v) is 5.03. The predicted molar refractivity (Wildman–Crippen MR) is 52.5 cm³/mol. The van der Waals surface area contributed by atoms with Crippen LogP contribution in [0.3, 0.4) is 0 Å². The summed E-state index contributed by atoms with van der Waals surface area (Å²) in [6.45, 7) is 0.0942. The third-order valence-corrected chi connectivity index (χ3v) is 2.81. The average Bonchev–Trinajstić information content (AvgIpc) is 2.61. The molecule has 6 heteroatoms. The molecule has 2 aromatic rings. The van der Waals surface area contributed by atoms with Crippen molar-refractivity contribution in [2.75, 3.05) is 0 Å². The van der Waals surface area contributed by atoms with Crippen molar-refractivity contribution >= 4 is 21.6 Å². The molecule has 0 fully saturated rings. The lowest BCUT2D eigenvalue weighted by molar-refractivity contribution is -0.136. The third-order valence-electron chi connectivity index (χ3n) is 2.04. The summed E-state index contributed by atoms with van der Waals surface area (Å²) < 4.78 is 38.4. The van der Waals surface area contributed by atoms with Gasteiger partial charge in [0.25, 0.3) is 0 Å². The van der Waals surface area contributed by atoms with E-state index in [2.05, 4.69) is 4.98 Å². The summed E-state index contributed by atoms with van der Waals surface area (Å²) in [5.74, 6) is 0. The van der Waals surface area contributed by atoms with Crippen LogP contribution in [0.15, 0.2) is 17.6 Å². The second kappa shape index (κ2) is 3.46. The first kappa shape index (κ1) is 10.4. The Morgan fingerprint density at radius 3 is 2.67 bits per heavy atom. The fourth-order valence-corrected chi connectivity index (χ4v) is 2.12. The molecule has 0 amide bonds. The van der Waals surface area contributed by atoms with Crippen molar-refractivity contribution in [3.05, 3.63) is 28.8 Å². The molecule has 15 heavy (non-hydrogen) atoms. The standard InChI is InChI=1S/C9H7F3N2S/c10-9(11,12)6-1-5(3-13)2-7-8(6)14-4-15-7/h1-2,4H,3,13H2. The van der Waals surface area contributed by atoms with Crippen molar-refractivity contribution in [1.82, 2.24) is 4.98 Å². The van der Waals surface area contributed by atoms with Gasteiger partial charge >= 0.3 is 6.18 Å². The number of hydrogen-bond donors (Lipinski definition) is 1. The van der Waals surface area contributed by atoms with Gasteiger partial charge in [0.2, 0.25) is 0 Å². The smallest absolute Gasteiger partial charge is 0.326 e. The van der Waals surface area contributed by atoms with E-state index in [1.807, 2.05) is 0 Å². The Morgan fingerprint density at radius 1 is 1.33 bits per heavy atom. The summed E-state index contributed by atoms with van der Waals surface area (Å²) >= 11 is 1.18. The molecule has 0 unspecified atom stereocenters. The quantitative estimate of drug-likeness (QED) is 0.821. The van der Waals surface area contributed by atoms with E-state index in [9.17, 15) is 13.2 Å². The van der Waals surface area contributed by atoms with Crippen molar-refractivity contribution in [1.29, 1.82) is 0 Å². The van der Waals surface area contributed by atoms with E-state index < -0.39 is 11.7 Å². The van der Waals surface area contributed by atoms with Gasteiger partial charge in [0.1, 0.15) is 0 Å². The Bertz CT molecular complexity index is 490. The number of fused-ring (bicyclic) bond motifs is 1. The molecule has 2 N–H and O–H groups in total. The number of nitrogens with zero attached hydrogens (tertiary/aromatic N) is 1. The SMILES string of the molecule is NCc1cc(C(F)(F)F)c2ncsc2c1. The van der Waals surface area contributed by atoms with Gasteiger partial charge in [0, 0.05) is 6.54 Å². The molecule has 0 atom stereocenters. The second-order valence-corrected chi connectivity index (χ2v) is 3.93. The summed E-state index contributed by atoms with van der Waals surface area (Å²) in [5.41, 5.74) is 6.51. The lowest BCUT2D eigenvalue weighted by Crippen LogP contribution is -2.08. The highest BCUT2D eigenvalue weighted by Crippen LogP contribution is 2.36. The summed E-state index contributed by atoms with van der Waals surface area (Å²) in [4.78, 5) is 3.72. The maximum absolute atomic E-state index is 12.6. The summed E-state index contributed by atoms with van der Waals surface area (Å²) in [6, 6.07) is 2.70. The van der Waals surface area contributed by atoms with E-state index >= 15 is 0 Å². The van der Waals surface area contributed by atoms with Crippen LogP contribution in [-0.2, 0) is 12.7 Å². The Kier molecular flexibility index (Phi) is 2.40. The van der Waals surface area contributed by atoms with Crippen LogP contribution in [0.4, 0.5) is 13.2 Å². The Labute approximate surface area is 87.5 Å². The highest BCUT2D eigenvalue weighted by atomic mass is 32.1. The normalized spacial score (nSPS) is 12.3. The number of aromatic nitrogens is 1. The number of benzene rings is 1. The Balaban J connectivity index is 2.74. The molecule has 1 aromatic heterocycles. The highest BCUT2D eigenvalue weighted by Gasteiger charge is 2.33. The molecule has 1 aromatic carbocycles. The molecule has 80 valence electrons. The molecule has 2 rings (SSSR count). The molecule has 0 saturated carbocycles. The van der Waals surface area contributed by atoms with E-state index in [1.165, 1.54) is 16.8 Å². The van der Waals surface area contributed by atoms with Crippen molar-refractivity contribution in [2.45, 2.75) is 12.7 Å². The van der Waals surface area contributed by atoms with E-state index in [1.54, 1.807) is 6.07 Å². The van der Waals surface area contributed by atoms with Crippen LogP contribution in [0.2, 0.25) is 0 Å². The van der Waals surface area contributed by atoms with Gasteiger partial charge in [-0.25, -0.2) is 4.98 Å². The monoisotopic (exact) mass is 232 g/mol. The van der Waals surface area contributed by atoms with Crippen LogP contribution >= 0.6 is 11.3 Å². The summed E-state index contributed by atoms with van der Waals surface area (Å²) in [5, 5.41) is 0. The highest BCUT2D eigenvalue weighted by molar-refractivity contribution is 7.16. The average molecular weight is 232 g/mol. The van der Waals surface area contributed by atoms with Gasteiger partial charge in [0.15, 0.2) is 0 Å². The van der Waals surface area contributed by atoms with Crippen molar-refractivity contribution in [2.24, 2.45) is 5.73 Å². The molecule has 2 nitrogen and oxygen atoms in total. The van der Waals surface area contributed by atoms with Crippen LogP contribution in [0.5, 0.6) is 0 Å². The van der Waals surface area contributed by atoms with E-state index in [-0.39, 0.29) is 12.1 Å². The lowest BCUT2D eigenvalue weighted by Gasteiger charge is -2.08. The van der Waals surface area contributed by atoms with Crippen LogP contribution in [0, 0.1) is 0 Å². The maximum Gasteiger partial charge on any atom is 0.418 e. The number of hydrogen-bond acceptors (Lipinski definition) is 3. The zero-order valence-electron chi connectivity index (χ0n) is 7.51. The van der Waals surface area contributed by atoms with Crippen molar-refractivity contribution in [3.8, 4) is 0 Å². The van der Waals surface area contributed by atoms with Crippen LogP contribution in [0.1, 0.15) is 11.1 Å². The molecule has 0 spiro atoms. The zero-order chi connectivity index (χ0) is 11.1. The fraction of sp³-hybridized carbons (Fsp3) is 0.222. The maximum atomic E-state index is 12.6. The first-order chi connectivity index (χ1) is 7.02. The van der Waals surface area contributed by atoms with Gasteiger partial charge in [0.05, 0.1) is 21.3 Å². The molecule has 1 heterocycles. The molecular weight excluding hydrogens is 225 g/mol. The van der Waals surface area contributed by atoms with Gasteiger partial charge < -0.3 is 5.73 Å². The first-order valence-electron chi connectivity index (χ1n) is 4.16. The van der Waals surface area contributed by atoms with Crippen molar-refractivity contribution < 1.29 is 13.2 Å². The van der Waals surface area contributed by atoms with Gasteiger partial charge in [-0.2, -0.15) is 13.2 Å². The topological polar surface area (TPSA) is 38.9 Å². The van der Waals surface area contributed by atoms with Crippen molar-refractivity contribution in [3.63, 3.8) is 0 Å². The van der Waals surface area contributed by atoms with E-state index in [4.69, 9.17) is 5.73 Å². The second-order valence-electron chi connectivity index (χ2n) is 3.04. The molecule has 0 aliphatic rings. The molecule has 0 saturated heterocycles. The number of alkyl halides is 3. The van der Waals surface area contributed by atoms with Gasteiger partial charge in [-0.15, -0.1) is 11.3 Å². The van der Waals surface area contributed by atoms with Crippen LogP contribution in [0.25, 0.3) is 10.2 Å². The third kappa shape index (κ3) is 1.82. The zero-order valence-corrected chi connectivity index (χ0v) is 8.32. The Hall–Kier alpha value is -1.14. The molecule has 0 bridgehead atoms. The number of rotatable bonds is 1. The van der Waals surface area contributed by atoms with Gasteiger partial charge in [-0.05, 0) is 17.7 Å². The summed E-state index contributed by atoms with van der Waals surface area (Å²) in [6.07, 6.45) is -4.38. The van der Waals surface area contributed by atoms with Gasteiger partial charge in [-0.3, -0.25) is 0 Å². The molecule has 0 aliphatic carbocycles. The largest absolute Gasteiger partial charge is 0.418 e. The minimum atomic E-state index is -4.38. The number of nitrogens with two attached hydrogens (primary N) is 1. The number of halogens is 3. The predicted octanol–water partition coefficient (Wildman–Crippen LogP) is 2.77. The Morgan fingerprint density at radius 2 is 2.07 bits per heavy atom. The molecule has 0 radical (unpaired) electrons. The fourth-order valence-electron chi connectivity index (χ4n) is 1.36. The van der Waals surface area contributed by atoms with Gasteiger partial charge in [-0.1, -0.05) is 0 Å². The minimum Gasteiger partial charge on any atom is -0.326 e. The molecular formula is C9H7F3N2S.